The molecule has 0 spiro atoms. The molecule has 0 amide bonds. The summed E-state index contributed by atoms with van der Waals surface area (Å²) in [5, 5.41) is 16.8. The normalized spacial score (nSPS) is 16.3. The number of benzene rings is 3. The molecule has 0 atom stereocenters. The van der Waals surface area contributed by atoms with Crippen LogP contribution in [-0.4, -0.2) is 61.6 Å². The molecule has 3 heterocycles. The number of sulfonamides is 1. The van der Waals surface area contributed by atoms with Crippen molar-refractivity contribution in [2.75, 3.05) is 13.1 Å². The first-order chi connectivity index (χ1) is 20.8. The predicted octanol–water partition coefficient (Wildman–Crippen LogP) is 4.02. The van der Waals surface area contributed by atoms with E-state index in [1.807, 2.05) is 67.6 Å². The average molecular weight is 592 g/mol. The van der Waals surface area contributed by atoms with Crippen molar-refractivity contribution in [3.05, 3.63) is 137 Å². The predicted molar refractivity (Wildman–Crippen MR) is 162 cm³/mol. The van der Waals surface area contributed by atoms with Crippen LogP contribution in [0.4, 0.5) is 0 Å². The van der Waals surface area contributed by atoms with Crippen LogP contribution in [0.2, 0.25) is 0 Å². The van der Waals surface area contributed by atoms with E-state index >= 15 is 0 Å². The standard InChI is InChI=1S/C32H29N7O3S/c1-24-12-14-31(15-13-24)43(41,42)39-20-27(16-29-22-37(35-33-29)18-25-8-4-2-5-9-25)32(40)28(21-39)17-30-23-38(36-34-30)19-26-10-6-3-7-11-26/h2-17,22-23H,18-21H2,1H3. The van der Waals surface area contributed by atoms with Gasteiger partial charge in [-0.2, -0.15) is 4.31 Å². The Morgan fingerprint density at radius 2 is 1.16 bits per heavy atom. The number of carbonyl (C=O) groups is 1. The van der Waals surface area contributed by atoms with Crippen molar-refractivity contribution in [3.8, 4) is 0 Å². The third-order valence-corrected chi connectivity index (χ3v) is 8.87. The van der Waals surface area contributed by atoms with Crippen molar-refractivity contribution in [1.29, 1.82) is 0 Å². The second-order valence-electron chi connectivity index (χ2n) is 10.4. The Labute approximate surface area is 249 Å². The Morgan fingerprint density at radius 1 is 0.698 bits per heavy atom. The fourth-order valence-electron chi connectivity index (χ4n) is 4.85. The van der Waals surface area contributed by atoms with E-state index in [-0.39, 0.29) is 34.9 Å². The third-order valence-electron chi connectivity index (χ3n) is 7.07. The fourth-order valence-corrected chi connectivity index (χ4v) is 6.25. The summed E-state index contributed by atoms with van der Waals surface area (Å²) in [5.41, 5.74) is 4.56. The second kappa shape index (κ2) is 12.1. The molecule has 6 rings (SSSR count). The molecule has 216 valence electrons. The number of rotatable bonds is 8. The quantitative estimate of drug-likeness (QED) is 0.250. The SMILES string of the molecule is Cc1ccc(S(=O)(=O)N2CC(=Cc3cn(Cc4ccccc4)nn3)C(=O)C(=Cc3cn(Cc4ccccc4)nn3)C2)cc1. The maximum absolute atomic E-state index is 13.7. The minimum atomic E-state index is -3.91. The first kappa shape index (κ1) is 28.1. The van der Waals surface area contributed by atoms with E-state index in [0.29, 0.717) is 24.5 Å². The topological polar surface area (TPSA) is 116 Å². The molecule has 1 aliphatic rings. The molecule has 1 fully saturated rings. The molecule has 2 aromatic heterocycles. The van der Waals surface area contributed by atoms with Crippen LogP contribution in [0.3, 0.4) is 0 Å². The largest absolute Gasteiger partial charge is 0.289 e. The van der Waals surface area contributed by atoms with Gasteiger partial charge in [0.2, 0.25) is 10.0 Å². The van der Waals surface area contributed by atoms with Gasteiger partial charge in [0.1, 0.15) is 11.4 Å². The molecule has 0 bridgehead atoms. The summed E-state index contributed by atoms with van der Waals surface area (Å²) in [5.74, 6) is -0.273. The van der Waals surface area contributed by atoms with Crippen LogP contribution in [-0.2, 0) is 27.9 Å². The van der Waals surface area contributed by atoms with Crippen LogP contribution in [0.25, 0.3) is 12.2 Å². The molecule has 5 aromatic rings. The van der Waals surface area contributed by atoms with Crippen LogP contribution < -0.4 is 0 Å². The maximum Gasteiger partial charge on any atom is 0.243 e. The molecule has 0 saturated carbocycles. The molecule has 11 heteroatoms. The first-order valence-electron chi connectivity index (χ1n) is 13.7. The van der Waals surface area contributed by atoms with Crippen LogP contribution in [0, 0.1) is 6.92 Å². The lowest BCUT2D eigenvalue weighted by Gasteiger charge is -2.29. The number of nitrogens with zero attached hydrogens (tertiary/aromatic N) is 7. The van der Waals surface area contributed by atoms with Gasteiger partial charge in [0.15, 0.2) is 5.78 Å². The molecule has 0 unspecified atom stereocenters. The molecule has 0 N–H and O–H groups in total. The molecule has 1 aliphatic heterocycles. The van der Waals surface area contributed by atoms with Gasteiger partial charge >= 0.3 is 0 Å². The van der Waals surface area contributed by atoms with E-state index in [1.54, 1.807) is 58.2 Å². The molecule has 3 aromatic carbocycles. The fraction of sp³-hybridized carbons (Fsp3) is 0.156. The molecule has 1 saturated heterocycles. The molecular weight excluding hydrogens is 562 g/mol. The van der Waals surface area contributed by atoms with Crippen molar-refractivity contribution in [2.24, 2.45) is 0 Å². The minimum absolute atomic E-state index is 0.0986. The van der Waals surface area contributed by atoms with E-state index in [2.05, 4.69) is 20.6 Å². The highest BCUT2D eigenvalue weighted by Crippen LogP contribution is 2.27. The van der Waals surface area contributed by atoms with Gasteiger partial charge in [-0.25, -0.2) is 17.8 Å². The lowest BCUT2D eigenvalue weighted by atomic mass is 9.97. The number of piperidine rings is 1. The number of aryl methyl sites for hydroxylation is 1. The van der Waals surface area contributed by atoms with Gasteiger partial charge in [0.25, 0.3) is 0 Å². The maximum atomic E-state index is 13.7. The molecular formula is C32H29N7O3S. The number of ketones is 1. The van der Waals surface area contributed by atoms with E-state index in [4.69, 9.17) is 0 Å². The Kier molecular flexibility index (Phi) is 7.91. The molecule has 43 heavy (non-hydrogen) atoms. The van der Waals surface area contributed by atoms with Crippen molar-refractivity contribution in [2.45, 2.75) is 24.9 Å². The monoisotopic (exact) mass is 591 g/mol. The second-order valence-corrected chi connectivity index (χ2v) is 12.3. The summed E-state index contributed by atoms with van der Waals surface area (Å²) in [7, 11) is -3.91. The van der Waals surface area contributed by atoms with E-state index in [9.17, 15) is 13.2 Å². The van der Waals surface area contributed by atoms with Crippen LogP contribution >= 0.6 is 0 Å². The summed E-state index contributed by atoms with van der Waals surface area (Å²) in [6.45, 7) is 2.73. The van der Waals surface area contributed by atoms with Gasteiger partial charge in [-0.05, 0) is 42.3 Å². The summed E-state index contributed by atoms with van der Waals surface area (Å²) in [6, 6.07) is 26.3. The summed E-state index contributed by atoms with van der Waals surface area (Å²) >= 11 is 0. The third kappa shape index (κ3) is 6.58. The van der Waals surface area contributed by atoms with Crippen molar-refractivity contribution >= 4 is 28.0 Å². The summed E-state index contributed by atoms with van der Waals surface area (Å²) < 4.78 is 32.1. The van der Waals surface area contributed by atoms with E-state index in [1.165, 1.54) is 4.31 Å². The van der Waals surface area contributed by atoms with Crippen molar-refractivity contribution in [1.82, 2.24) is 34.3 Å². The van der Waals surface area contributed by atoms with Gasteiger partial charge in [-0.15, -0.1) is 10.2 Å². The lowest BCUT2D eigenvalue weighted by molar-refractivity contribution is -0.113. The number of hydrogen-bond donors (Lipinski definition) is 0. The van der Waals surface area contributed by atoms with E-state index in [0.717, 1.165) is 16.7 Å². The van der Waals surface area contributed by atoms with Crippen molar-refractivity contribution < 1.29 is 13.2 Å². The summed E-state index contributed by atoms with van der Waals surface area (Å²) in [6.07, 6.45) is 6.68. The summed E-state index contributed by atoms with van der Waals surface area (Å²) in [4.78, 5) is 13.9. The average Bonchev–Trinajstić information content (AvgIpc) is 3.65. The highest BCUT2D eigenvalue weighted by atomic mass is 32.2. The molecule has 0 radical (unpaired) electrons. The Morgan fingerprint density at radius 3 is 1.63 bits per heavy atom. The smallest absolute Gasteiger partial charge is 0.243 e. The van der Waals surface area contributed by atoms with Crippen molar-refractivity contribution in [3.63, 3.8) is 0 Å². The highest BCUT2D eigenvalue weighted by Gasteiger charge is 2.34. The van der Waals surface area contributed by atoms with Gasteiger partial charge in [0, 0.05) is 24.2 Å². The Balaban J connectivity index is 1.31. The number of hydrogen-bond acceptors (Lipinski definition) is 7. The van der Waals surface area contributed by atoms with E-state index < -0.39 is 10.0 Å². The highest BCUT2D eigenvalue weighted by molar-refractivity contribution is 7.89. The van der Waals surface area contributed by atoms with Gasteiger partial charge in [-0.3, -0.25) is 4.79 Å². The zero-order chi connectivity index (χ0) is 29.8. The lowest BCUT2D eigenvalue weighted by Crippen LogP contribution is -2.41. The first-order valence-corrected chi connectivity index (χ1v) is 15.2. The zero-order valence-corrected chi connectivity index (χ0v) is 24.3. The van der Waals surface area contributed by atoms with Gasteiger partial charge in [-0.1, -0.05) is 88.8 Å². The molecule has 10 nitrogen and oxygen atoms in total. The number of carbonyl (C=O) groups excluding carboxylic acids is 1. The molecule has 0 aliphatic carbocycles. The Bertz CT molecular complexity index is 1810. The minimum Gasteiger partial charge on any atom is -0.289 e. The van der Waals surface area contributed by atoms with Crippen LogP contribution in [0.1, 0.15) is 28.1 Å². The van der Waals surface area contributed by atoms with Crippen LogP contribution in [0.5, 0.6) is 0 Å². The zero-order valence-electron chi connectivity index (χ0n) is 23.5. The number of aromatic nitrogens is 6. The Hall–Kier alpha value is -5.00. The van der Waals surface area contributed by atoms with Crippen LogP contribution in [0.15, 0.2) is 113 Å². The van der Waals surface area contributed by atoms with Gasteiger partial charge in [0.05, 0.1) is 30.4 Å². The number of Topliss-reactive ketones (excluding diaryl/α,β-unsaturated/α-hetero) is 1. The van der Waals surface area contributed by atoms with Gasteiger partial charge < -0.3 is 0 Å².